The molecule has 1 spiro atoms. The molecule has 1 heterocycles. The second-order valence-electron chi connectivity index (χ2n) is 6.48. The van der Waals surface area contributed by atoms with Crippen molar-refractivity contribution in [2.75, 3.05) is 6.54 Å². The van der Waals surface area contributed by atoms with E-state index in [1.807, 2.05) is 0 Å². The maximum atomic E-state index is 13.0. The van der Waals surface area contributed by atoms with E-state index in [2.05, 4.69) is 17.1 Å². The zero-order valence-electron chi connectivity index (χ0n) is 11.8. The highest BCUT2D eigenvalue weighted by Gasteiger charge is 2.52. The van der Waals surface area contributed by atoms with Gasteiger partial charge in [0.25, 0.3) is 0 Å². The van der Waals surface area contributed by atoms with Crippen LogP contribution in [0, 0.1) is 0 Å². The summed E-state index contributed by atoms with van der Waals surface area (Å²) >= 11 is 0. The largest absolute Gasteiger partial charge is 0.342 e. The Morgan fingerprint density at radius 1 is 1.11 bits per heavy atom. The van der Waals surface area contributed by atoms with E-state index in [1.54, 1.807) is 0 Å². The molecule has 19 heavy (non-hydrogen) atoms. The average Bonchev–Trinajstić information content (AvgIpc) is 2.76. The standard InChI is InChI=1S/C15H24N2O2/c1-2-14(7-5-8-14)17-11-6-12(18)16-15(13(17)19)9-3-4-10-15/h2-11H2,1H3,(H,16,18). The van der Waals surface area contributed by atoms with Crippen molar-refractivity contribution < 1.29 is 9.59 Å². The van der Waals surface area contributed by atoms with E-state index in [0.29, 0.717) is 13.0 Å². The van der Waals surface area contributed by atoms with Crippen molar-refractivity contribution in [3.8, 4) is 0 Å². The van der Waals surface area contributed by atoms with Crippen molar-refractivity contribution in [3.63, 3.8) is 0 Å². The molecule has 4 nitrogen and oxygen atoms in total. The van der Waals surface area contributed by atoms with Crippen LogP contribution < -0.4 is 5.32 Å². The SMILES string of the molecule is CCC1(N2CCC(=O)NC3(CCCC3)C2=O)CCC1. The molecule has 2 saturated carbocycles. The summed E-state index contributed by atoms with van der Waals surface area (Å²) in [6.45, 7) is 2.79. The number of hydrogen-bond donors (Lipinski definition) is 1. The zero-order chi connectivity index (χ0) is 13.5. The van der Waals surface area contributed by atoms with E-state index in [9.17, 15) is 9.59 Å². The van der Waals surface area contributed by atoms with Crippen LogP contribution in [0.1, 0.15) is 64.7 Å². The van der Waals surface area contributed by atoms with E-state index in [1.165, 1.54) is 6.42 Å². The average molecular weight is 264 g/mol. The smallest absolute Gasteiger partial charge is 0.248 e. The van der Waals surface area contributed by atoms with E-state index >= 15 is 0 Å². The molecule has 1 N–H and O–H groups in total. The minimum absolute atomic E-state index is 0.0545. The summed E-state index contributed by atoms with van der Waals surface area (Å²) < 4.78 is 0. The van der Waals surface area contributed by atoms with Crippen molar-refractivity contribution in [3.05, 3.63) is 0 Å². The lowest BCUT2D eigenvalue weighted by Crippen LogP contribution is -2.63. The van der Waals surface area contributed by atoms with E-state index in [4.69, 9.17) is 0 Å². The minimum Gasteiger partial charge on any atom is -0.342 e. The Balaban J connectivity index is 1.92. The molecule has 1 saturated heterocycles. The van der Waals surface area contributed by atoms with Gasteiger partial charge in [0, 0.05) is 18.5 Å². The van der Waals surface area contributed by atoms with Crippen LogP contribution in [0.25, 0.3) is 0 Å². The molecule has 106 valence electrons. The fourth-order valence-electron chi connectivity index (χ4n) is 4.13. The van der Waals surface area contributed by atoms with Gasteiger partial charge >= 0.3 is 0 Å². The lowest BCUT2D eigenvalue weighted by molar-refractivity contribution is -0.148. The predicted molar refractivity (Wildman–Crippen MR) is 72.5 cm³/mol. The third-order valence-electron chi connectivity index (χ3n) is 5.57. The number of amides is 2. The summed E-state index contributed by atoms with van der Waals surface area (Å²) in [6.07, 6.45) is 8.68. The summed E-state index contributed by atoms with van der Waals surface area (Å²) in [4.78, 5) is 27.1. The van der Waals surface area contributed by atoms with Gasteiger partial charge in [0.05, 0.1) is 0 Å². The summed E-state index contributed by atoms with van der Waals surface area (Å²) in [7, 11) is 0. The highest BCUT2D eigenvalue weighted by Crippen LogP contribution is 2.44. The van der Waals surface area contributed by atoms with Gasteiger partial charge in [0.15, 0.2) is 0 Å². The number of hydrogen-bond acceptors (Lipinski definition) is 2. The van der Waals surface area contributed by atoms with Crippen LogP contribution in [-0.2, 0) is 9.59 Å². The van der Waals surface area contributed by atoms with Crippen molar-refractivity contribution in [1.82, 2.24) is 10.2 Å². The molecule has 2 amide bonds. The van der Waals surface area contributed by atoms with E-state index in [-0.39, 0.29) is 17.4 Å². The second kappa shape index (κ2) is 4.50. The van der Waals surface area contributed by atoms with Crippen LogP contribution in [0.4, 0.5) is 0 Å². The number of carbonyl (C=O) groups is 2. The molecule has 1 aliphatic heterocycles. The third-order valence-corrected chi connectivity index (χ3v) is 5.57. The molecule has 2 aliphatic carbocycles. The molecule has 4 heteroatoms. The quantitative estimate of drug-likeness (QED) is 0.829. The predicted octanol–water partition coefficient (Wildman–Crippen LogP) is 1.98. The minimum atomic E-state index is -0.564. The van der Waals surface area contributed by atoms with Crippen LogP contribution in [0.5, 0.6) is 0 Å². The number of carbonyl (C=O) groups excluding carboxylic acids is 2. The zero-order valence-corrected chi connectivity index (χ0v) is 11.8. The molecule has 3 fully saturated rings. The second-order valence-corrected chi connectivity index (χ2v) is 6.48. The number of rotatable bonds is 2. The summed E-state index contributed by atoms with van der Waals surface area (Å²) in [6, 6.07) is 0. The number of nitrogens with zero attached hydrogens (tertiary/aromatic N) is 1. The molecular weight excluding hydrogens is 240 g/mol. The van der Waals surface area contributed by atoms with Crippen molar-refractivity contribution in [2.45, 2.75) is 75.8 Å². The molecule has 0 aromatic carbocycles. The van der Waals surface area contributed by atoms with Gasteiger partial charge in [-0.15, -0.1) is 0 Å². The van der Waals surface area contributed by atoms with Crippen LogP contribution in [0.15, 0.2) is 0 Å². The Morgan fingerprint density at radius 3 is 2.32 bits per heavy atom. The molecule has 0 unspecified atom stereocenters. The van der Waals surface area contributed by atoms with Crippen LogP contribution in [-0.4, -0.2) is 34.3 Å². The fraction of sp³-hybridized carbons (Fsp3) is 0.867. The maximum Gasteiger partial charge on any atom is 0.248 e. The maximum absolute atomic E-state index is 13.0. The van der Waals surface area contributed by atoms with Gasteiger partial charge in [-0.3, -0.25) is 9.59 Å². The van der Waals surface area contributed by atoms with Gasteiger partial charge in [-0.05, 0) is 38.5 Å². The van der Waals surface area contributed by atoms with Gasteiger partial charge in [-0.25, -0.2) is 0 Å². The first-order valence-corrected chi connectivity index (χ1v) is 7.75. The Morgan fingerprint density at radius 2 is 1.79 bits per heavy atom. The first kappa shape index (κ1) is 12.9. The monoisotopic (exact) mass is 264 g/mol. The van der Waals surface area contributed by atoms with Crippen molar-refractivity contribution >= 4 is 11.8 Å². The lowest BCUT2D eigenvalue weighted by Gasteiger charge is -2.51. The molecule has 0 bridgehead atoms. The summed E-state index contributed by atoms with van der Waals surface area (Å²) in [5.74, 6) is 0.265. The van der Waals surface area contributed by atoms with E-state index in [0.717, 1.165) is 44.9 Å². The van der Waals surface area contributed by atoms with Gasteiger partial charge in [0.2, 0.25) is 11.8 Å². The molecule has 0 aromatic heterocycles. The van der Waals surface area contributed by atoms with Crippen LogP contribution in [0.3, 0.4) is 0 Å². The van der Waals surface area contributed by atoms with Gasteiger partial charge < -0.3 is 10.2 Å². The van der Waals surface area contributed by atoms with Gasteiger partial charge in [-0.2, -0.15) is 0 Å². The van der Waals surface area contributed by atoms with Gasteiger partial charge in [-0.1, -0.05) is 19.8 Å². The van der Waals surface area contributed by atoms with Crippen LogP contribution >= 0.6 is 0 Å². The highest BCUT2D eigenvalue weighted by atomic mass is 16.2. The highest BCUT2D eigenvalue weighted by molar-refractivity contribution is 5.94. The van der Waals surface area contributed by atoms with E-state index < -0.39 is 5.54 Å². The third kappa shape index (κ3) is 1.87. The number of nitrogens with one attached hydrogen (secondary N) is 1. The Labute approximate surface area is 114 Å². The Kier molecular flexibility index (Phi) is 3.06. The molecule has 3 aliphatic rings. The van der Waals surface area contributed by atoms with Gasteiger partial charge in [0.1, 0.15) is 5.54 Å². The summed E-state index contributed by atoms with van der Waals surface area (Å²) in [5, 5.41) is 3.05. The fourth-order valence-corrected chi connectivity index (χ4v) is 4.13. The van der Waals surface area contributed by atoms with Crippen LogP contribution in [0.2, 0.25) is 0 Å². The Bertz CT molecular complexity index is 389. The normalized spacial score (nSPS) is 29.0. The molecule has 3 rings (SSSR count). The van der Waals surface area contributed by atoms with Crippen molar-refractivity contribution in [2.24, 2.45) is 0 Å². The van der Waals surface area contributed by atoms with Crippen molar-refractivity contribution in [1.29, 1.82) is 0 Å². The first-order valence-electron chi connectivity index (χ1n) is 7.75. The first-order chi connectivity index (χ1) is 9.12. The summed E-state index contributed by atoms with van der Waals surface area (Å²) in [5.41, 5.74) is -0.510. The molecule has 0 aromatic rings. The molecule has 0 radical (unpaired) electrons. The topological polar surface area (TPSA) is 49.4 Å². The lowest BCUT2D eigenvalue weighted by atomic mass is 9.72. The Hall–Kier alpha value is -1.06. The molecule has 0 atom stereocenters. The molecular formula is C15H24N2O2.